The molecular formula is C13H21ClN2O3S. The second-order valence-corrected chi connectivity index (χ2v) is 6.45. The van der Waals surface area contributed by atoms with E-state index in [-0.39, 0.29) is 23.2 Å². The second-order valence-electron chi connectivity index (χ2n) is 4.47. The van der Waals surface area contributed by atoms with Gasteiger partial charge in [0.1, 0.15) is 0 Å². The normalized spacial score (nSPS) is 10.8. The summed E-state index contributed by atoms with van der Waals surface area (Å²) in [4.78, 5) is 12.1. The van der Waals surface area contributed by atoms with Crippen molar-refractivity contribution in [3.05, 3.63) is 29.3 Å². The highest BCUT2D eigenvalue weighted by molar-refractivity contribution is 7.90. The fraction of sp³-hybridized carbons (Fsp3) is 0.462. The Morgan fingerprint density at radius 1 is 1.25 bits per heavy atom. The van der Waals surface area contributed by atoms with E-state index in [1.165, 1.54) is 6.07 Å². The zero-order valence-corrected chi connectivity index (χ0v) is 13.5. The number of benzene rings is 1. The van der Waals surface area contributed by atoms with E-state index >= 15 is 0 Å². The van der Waals surface area contributed by atoms with Crippen LogP contribution in [0, 0.1) is 6.92 Å². The molecule has 1 amide bonds. The first-order valence-corrected chi connectivity index (χ1v) is 7.99. The minimum absolute atomic E-state index is 0. The third kappa shape index (κ3) is 5.48. The van der Waals surface area contributed by atoms with Crippen LogP contribution < -0.4 is 10.6 Å². The molecule has 0 radical (unpaired) electrons. The standard InChI is InChI=1S/C13H20N2O3S.ClH/c1-10-5-6-11(9-12(10)19(3,17)18)13(16)15-8-4-7-14-2;/h5-6,9,14H,4,7-8H2,1-3H3,(H,15,16);1H. The summed E-state index contributed by atoms with van der Waals surface area (Å²) in [7, 11) is -1.46. The van der Waals surface area contributed by atoms with E-state index in [1.54, 1.807) is 19.1 Å². The number of nitrogens with one attached hydrogen (secondary N) is 2. The Bertz CT molecular complexity index is 559. The van der Waals surface area contributed by atoms with E-state index in [2.05, 4.69) is 10.6 Å². The molecule has 0 aliphatic rings. The van der Waals surface area contributed by atoms with Crippen LogP contribution >= 0.6 is 12.4 Å². The lowest BCUT2D eigenvalue weighted by Crippen LogP contribution is -2.26. The van der Waals surface area contributed by atoms with Gasteiger partial charge in [-0.15, -0.1) is 12.4 Å². The monoisotopic (exact) mass is 320 g/mol. The Hall–Kier alpha value is -1.11. The van der Waals surface area contributed by atoms with E-state index in [1.807, 2.05) is 7.05 Å². The summed E-state index contributed by atoms with van der Waals surface area (Å²) in [5, 5.41) is 5.75. The predicted molar refractivity (Wildman–Crippen MR) is 82.4 cm³/mol. The molecule has 1 rings (SSSR count). The van der Waals surface area contributed by atoms with Gasteiger partial charge in [0.2, 0.25) is 0 Å². The Labute approximate surface area is 126 Å². The van der Waals surface area contributed by atoms with E-state index < -0.39 is 9.84 Å². The summed E-state index contributed by atoms with van der Waals surface area (Å²) in [6.07, 6.45) is 1.97. The largest absolute Gasteiger partial charge is 0.352 e. The number of sulfone groups is 1. The fourth-order valence-corrected chi connectivity index (χ4v) is 2.70. The van der Waals surface area contributed by atoms with Gasteiger partial charge in [0.25, 0.3) is 5.91 Å². The van der Waals surface area contributed by atoms with E-state index in [4.69, 9.17) is 0 Å². The van der Waals surface area contributed by atoms with E-state index in [9.17, 15) is 13.2 Å². The molecule has 0 saturated heterocycles. The number of hydrogen-bond donors (Lipinski definition) is 2. The molecule has 7 heteroatoms. The van der Waals surface area contributed by atoms with Gasteiger partial charge in [-0.2, -0.15) is 0 Å². The number of aryl methyl sites for hydroxylation is 1. The summed E-state index contributed by atoms with van der Waals surface area (Å²) >= 11 is 0. The van der Waals surface area contributed by atoms with Gasteiger partial charge in [0.15, 0.2) is 9.84 Å². The summed E-state index contributed by atoms with van der Waals surface area (Å²) in [6.45, 7) is 3.09. The first kappa shape index (κ1) is 18.9. The fourth-order valence-electron chi connectivity index (χ4n) is 1.71. The maximum atomic E-state index is 11.9. The topological polar surface area (TPSA) is 75.3 Å². The molecule has 5 nitrogen and oxygen atoms in total. The lowest BCUT2D eigenvalue weighted by Gasteiger charge is -2.08. The lowest BCUT2D eigenvalue weighted by atomic mass is 10.1. The van der Waals surface area contributed by atoms with Gasteiger partial charge in [-0.25, -0.2) is 8.42 Å². The predicted octanol–water partition coefficient (Wildman–Crippen LogP) is 1.16. The van der Waals surface area contributed by atoms with Crippen molar-refractivity contribution in [3.63, 3.8) is 0 Å². The number of carbonyl (C=O) groups is 1. The van der Waals surface area contributed by atoms with Gasteiger partial charge in [0, 0.05) is 18.4 Å². The summed E-state index contributed by atoms with van der Waals surface area (Å²) in [5.74, 6) is -0.249. The molecule has 114 valence electrons. The number of halogens is 1. The molecule has 0 aliphatic heterocycles. The minimum Gasteiger partial charge on any atom is -0.352 e. The quantitative estimate of drug-likeness (QED) is 0.771. The van der Waals surface area contributed by atoms with Crippen molar-refractivity contribution in [2.24, 2.45) is 0 Å². The zero-order chi connectivity index (χ0) is 14.5. The first-order valence-electron chi connectivity index (χ1n) is 6.09. The maximum Gasteiger partial charge on any atom is 0.251 e. The number of hydrogen-bond acceptors (Lipinski definition) is 4. The summed E-state index contributed by atoms with van der Waals surface area (Å²) < 4.78 is 23.2. The molecule has 0 fully saturated rings. The summed E-state index contributed by atoms with van der Waals surface area (Å²) in [5.41, 5.74) is 1.02. The third-order valence-corrected chi connectivity index (χ3v) is 3.98. The molecule has 1 aromatic carbocycles. The molecule has 0 atom stereocenters. The molecule has 0 aromatic heterocycles. The van der Waals surface area contributed by atoms with Gasteiger partial charge in [-0.3, -0.25) is 4.79 Å². The number of rotatable bonds is 6. The van der Waals surface area contributed by atoms with Gasteiger partial charge >= 0.3 is 0 Å². The average molecular weight is 321 g/mol. The maximum absolute atomic E-state index is 11.9. The highest BCUT2D eigenvalue weighted by Crippen LogP contribution is 2.16. The van der Waals surface area contributed by atoms with E-state index in [0.29, 0.717) is 17.7 Å². The molecule has 0 heterocycles. The van der Waals surface area contributed by atoms with Gasteiger partial charge in [-0.1, -0.05) is 6.07 Å². The molecule has 0 aliphatic carbocycles. The van der Waals surface area contributed by atoms with Crippen molar-refractivity contribution < 1.29 is 13.2 Å². The van der Waals surface area contributed by atoms with Crippen molar-refractivity contribution in [1.29, 1.82) is 0 Å². The first-order chi connectivity index (χ1) is 8.86. The highest BCUT2D eigenvalue weighted by atomic mass is 35.5. The number of amides is 1. The van der Waals surface area contributed by atoms with E-state index in [0.717, 1.165) is 19.2 Å². The van der Waals surface area contributed by atoms with Gasteiger partial charge < -0.3 is 10.6 Å². The molecule has 2 N–H and O–H groups in total. The minimum atomic E-state index is -3.31. The molecule has 0 bridgehead atoms. The van der Waals surface area contributed by atoms with Crippen molar-refractivity contribution in [3.8, 4) is 0 Å². The molecule has 0 unspecified atom stereocenters. The molecular weight excluding hydrogens is 300 g/mol. The number of carbonyl (C=O) groups excluding carboxylic acids is 1. The smallest absolute Gasteiger partial charge is 0.251 e. The van der Waals surface area contributed by atoms with Crippen LogP contribution in [0.5, 0.6) is 0 Å². The van der Waals surface area contributed by atoms with Crippen LogP contribution in [0.15, 0.2) is 23.1 Å². The zero-order valence-electron chi connectivity index (χ0n) is 11.9. The Morgan fingerprint density at radius 2 is 1.90 bits per heavy atom. The van der Waals surface area contributed by atoms with Crippen molar-refractivity contribution in [1.82, 2.24) is 10.6 Å². The van der Waals surface area contributed by atoms with Crippen LogP contribution in [0.1, 0.15) is 22.3 Å². The highest BCUT2D eigenvalue weighted by Gasteiger charge is 2.14. The molecule has 0 spiro atoms. The van der Waals surface area contributed by atoms with Crippen molar-refractivity contribution in [2.45, 2.75) is 18.2 Å². The van der Waals surface area contributed by atoms with Gasteiger partial charge in [0.05, 0.1) is 4.90 Å². The lowest BCUT2D eigenvalue weighted by molar-refractivity contribution is 0.0953. The van der Waals surface area contributed by atoms with Crippen molar-refractivity contribution >= 4 is 28.2 Å². The van der Waals surface area contributed by atoms with Crippen LogP contribution in [-0.4, -0.2) is 40.7 Å². The van der Waals surface area contributed by atoms with Crippen LogP contribution in [0.25, 0.3) is 0 Å². The summed E-state index contributed by atoms with van der Waals surface area (Å²) in [6, 6.07) is 4.72. The SMILES string of the molecule is CNCCCNC(=O)c1ccc(C)c(S(C)(=O)=O)c1.Cl. The molecule has 20 heavy (non-hydrogen) atoms. The van der Waals surface area contributed by atoms with Crippen LogP contribution in [0.2, 0.25) is 0 Å². The van der Waals surface area contributed by atoms with Crippen molar-refractivity contribution in [2.75, 3.05) is 26.4 Å². The third-order valence-electron chi connectivity index (χ3n) is 2.74. The van der Waals surface area contributed by atoms with Crippen LogP contribution in [-0.2, 0) is 9.84 Å². The Kier molecular flexibility index (Phi) is 7.78. The molecule has 0 saturated carbocycles. The van der Waals surface area contributed by atoms with Crippen LogP contribution in [0.4, 0.5) is 0 Å². The average Bonchev–Trinajstić information content (AvgIpc) is 2.33. The Morgan fingerprint density at radius 3 is 2.45 bits per heavy atom. The Balaban J connectivity index is 0.00000361. The van der Waals surface area contributed by atoms with Gasteiger partial charge in [-0.05, 0) is 44.6 Å². The second kappa shape index (κ2) is 8.24. The van der Waals surface area contributed by atoms with Crippen LogP contribution in [0.3, 0.4) is 0 Å². The molecule has 1 aromatic rings.